The predicted molar refractivity (Wildman–Crippen MR) is 93.8 cm³/mol. The molecule has 1 aromatic rings. The first-order valence-corrected chi connectivity index (χ1v) is 9.01. The fourth-order valence-electron chi connectivity index (χ4n) is 3.13. The van der Waals surface area contributed by atoms with E-state index in [2.05, 4.69) is 5.32 Å². The number of hydrogen-bond acceptors (Lipinski definition) is 4. The van der Waals surface area contributed by atoms with Crippen LogP contribution < -0.4 is 10.1 Å². The van der Waals surface area contributed by atoms with E-state index in [1.54, 1.807) is 24.3 Å². The van der Waals surface area contributed by atoms with Crippen LogP contribution in [0.3, 0.4) is 0 Å². The van der Waals surface area contributed by atoms with E-state index in [0.29, 0.717) is 16.7 Å². The number of hydrogen-bond donors (Lipinski definition) is 2. The maximum atomic E-state index is 12.0. The summed E-state index contributed by atoms with van der Waals surface area (Å²) in [4.78, 5) is 25.1. The second kappa shape index (κ2) is 8.06. The number of halogens is 1. The first-order chi connectivity index (χ1) is 12.0. The van der Waals surface area contributed by atoms with Gasteiger partial charge in [0.1, 0.15) is 5.75 Å². The van der Waals surface area contributed by atoms with E-state index >= 15 is 0 Å². The summed E-state index contributed by atoms with van der Waals surface area (Å²) in [6.45, 7) is 0.858. The number of carbonyl (C=O) groups excluding carboxylic acids is 1. The minimum Gasteiger partial charge on any atom is -0.482 e. The van der Waals surface area contributed by atoms with Crippen molar-refractivity contribution in [1.82, 2.24) is 10.2 Å². The SMILES string of the molecule is O=C(O)CN(CC1CC1)C1CC(NC(=O)COc2ccccc2Cl)C1. The Balaban J connectivity index is 1.39. The number of benzene rings is 1. The Morgan fingerprint density at radius 2 is 2.00 bits per heavy atom. The first kappa shape index (κ1) is 18.0. The van der Waals surface area contributed by atoms with Crippen molar-refractivity contribution in [2.24, 2.45) is 5.92 Å². The summed E-state index contributed by atoms with van der Waals surface area (Å²) in [5.41, 5.74) is 0. The number of ether oxygens (including phenoxy) is 1. The summed E-state index contributed by atoms with van der Waals surface area (Å²) < 4.78 is 5.42. The number of rotatable bonds is 9. The van der Waals surface area contributed by atoms with Gasteiger partial charge in [-0.3, -0.25) is 14.5 Å². The third-order valence-corrected chi connectivity index (χ3v) is 5.03. The van der Waals surface area contributed by atoms with Crippen molar-refractivity contribution in [1.29, 1.82) is 0 Å². The normalized spacial score (nSPS) is 22.3. The second-order valence-corrected chi connectivity index (χ2v) is 7.28. The van der Waals surface area contributed by atoms with E-state index in [4.69, 9.17) is 21.4 Å². The van der Waals surface area contributed by atoms with Crippen molar-refractivity contribution in [3.63, 3.8) is 0 Å². The van der Waals surface area contributed by atoms with Gasteiger partial charge in [0.25, 0.3) is 5.91 Å². The molecule has 0 heterocycles. The zero-order valence-electron chi connectivity index (χ0n) is 14.0. The Hall–Kier alpha value is -1.79. The summed E-state index contributed by atoms with van der Waals surface area (Å²) in [6.07, 6.45) is 3.97. The van der Waals surface area contributed by atoms with Gasteiger partial charge in [-0.2, -0.15) is 0 Å². The third kappa shape index (κ3) is 5.34. The number of para-hydroxylation sites is 1. The molecule has 7 heteroatoms. The van der Waals surface area contributed by atoms with Crippen molar-refractivity contribution in [2.45, 2.75) is 37.8 Å². The number of carbonyl (C=O) groups is 2. The molecule has 0 saturated heterocycles. The highest BCUT2D eigenvalue weighted by atomic mass is 35.5. The fraction of sp³-hybridized carbons (Fsp3) is 0.556. The average Bonchev–Trinajstić information content (AvgIpc) is 3.32. The summed E-state index contributed by atoms with van der Waals surface area (Å²) in [7, 11) is 0. The minimum absolute atomic E-state index is 0.0776. The van der Waals surface area contributed by atoms with Gasteiger partial charge in [-0.1, -0.05) is 23.7 Å². The molecule has 0 atom stereocenters. The highest BCUT2D eigenvalue weighted by molar-refractivity contribution is 6.32. The van der Waals surface area contributed by atoms with E-state index < -0.39 is 5.97 Å². The monoisotopic (exact) mass is 366 g/mol. The molecule has 0 aliphatic heterocycles. The molecule has 0 aromatic heterocycles. The smallest absolute Gasteiger partial charge is 0.317 e. The number of nitrogens with one attached hydrogen (secondary N) is 1. The molecule has 2 fully saturated rings. The number of nitrogens with zero attached hydrogens (tertiary/aromatic N) is 1. The van der Waals surface area contributed by atoms with Gasteiger partial charge in [-0.25, -0.2) is 0 Å². The zero-order valence-corrected chi connectivity index (χ0v) is 14.7. The van der Waals surface area contributed by atoms with E-state index in [1.807, 2.05) is 4.90 Å². The average molecular weight is 367 g/mol. The Kier molecular flexibility index (Phi) is 5.81. The van der Waals surface area contributed by atoms with Crippen LogP contribution in [-0.4, -0.2) is 53.7 Å². The lowest BCUT2D eigenvalue weighted by Crippen LogP contribution is -2.55. The Bertz CT molecular complexity index is 629. The Morgan fingerprint density at radius 1 is 1.28 bits per heavy atom. The molecule has 6 nitrogen and oxygen atoms in total. The number of carboxylic acid groups (broad SMARTS) is 1. The van der Waals surface area contributed by atoms with Crippen LogP contribution in [0.4, 0.5) is 0 Å². The number of amides is 1. The Morgan fingerprint density at radius 3 is 2.64 bits per heavy atom. The lowest BCUT2D eigenvalue weighted by molar-refractivity contribution is -0.140. The van der Waals surface area contributed by atoms with E-state index in [0.717, 1.165) is 19.4 Å². The van der Waals surface area contributed by atoms with Crippen LogP contribution in [-0.2, 0) is 9.59 Å². The van der Waals surface area contributed by atoms with Gasteiger partial charge in [0.05, 0.1) is 11.6 Å². The largest absolute Gasteiger partial charge is 0.482 e. The zero-order chi connectivity index (χ0) is 17.8. The summed E-state index contributed by atoms with van der Waals surface area (Å²) in [5, 5.41) is 12.5. The molecule has 0 bridgehead atoms. The topological polar surface area (TPSA) is 78.9 Å². The number of carboxylic acids is 1. The predicted octanol–water partition coefficient (Wildman–Crippen LogP) is 2.16. The molecular weight excluding hydrogens is 344 g/mol. The van der Waals surface area contributed by atoms with Gasteiger partial charge in [-0.05, 0) is 43.7 Å². The van der Waals surface area contributed by atoms with Crippen molar-refractivity contribution in [3.05, 3.63) is 29.3 Å². The first-order valence-electron chi connectivity index (χ1n) is 8.64. The molecule has 1 amide bonds. The maximum Gasteiger partial charge on any atom is 0.317 e. The summed E-state index contributed by atoms with van der Waals surface area (Å²) in [6, 6.07) is 7.36. The Labute approximate surface area is 152 Å². The van der Waals surface area contributed by atoms with Crippen LogP contribution in [0.5, 0.6) is 5.75 Å². The van der Waals surface area contributed by atoms with Gasteiger partial charge in [0.15, 0.2) is 6.61 Å². The standard InChI is InChI=1S/C18H23ClN2O4/c19-15-3-1-2-4-16(15)25-11-17(22)20-13-7-14(8-13)21(10-18(23)24)9-12-5-6-12/h1-4,12-14H,5-11H2,(H,20,22)(H,23,24). The molecule has 2 aliphatic carbocycles. The molecule has 3 rings (SSSR count). The molecule has 1 aromatic carbocycles. The van der Waals surface area contributed by atoms with Gasteiger partial charge in [0, 0.05) is 18.6 Å². The molecule has 0 spiro atoms. The molecule has 0 unspecified atom stereocenters. The van der Waals surface area contributed by atoms with Crippen LogP contribution in [0.2, 0.25) is 5.02 Å². The third-order valence-electron chi connectivity index (χ3n) is 4.72. The van der Waals surface area contributed by atoms with Crippen molar-refractivity contribution in [2.75, 3.05) is 19.7 Å². The van der Waals surface area contributed by atoms with E-state index in [-0.39, 0.29) is 31.1 Å². The maximum absolute atomic E-state index is 12.0. The van der Waals surface area contributed by atoms with Crippen molar-refractivity contribution < 1.29 is 19.4 Å². The van der Waals surface area contributed by atoms with Crippen LogP contribution >= 0.6 is 11.6 Å². The molecule has 0 radical (unpaired) electrons. The van der Waals surface area contributed by atoms with Crippen LogP contribution in [0.1, 0.15) is 25.7 Å². The summed E-state index contributed by atoms with van der Waals surface area (Å²) in [5.74, 6) is 0.163. The van der Waals surface area contributed by atoms with Gasteiger partial charge in [0.2, 0.25) is 0 Å². The lowest BCUT2D eigenvalue weighted by atomic mass is 9.85. The molecular formula is C18H23ClN2O4. The lowest BCUT2D eigenvalue weighted by Gasteiger charge is -2.42. The second-order valence-electron chi connectivity index (χ2n) is 6.88. The molecule has 25 heavy (non-hydrogen) atoms. The molecule has 136 valence electrons. The molecule has 2 aliphatic rings. The van der Waals surface area contributed by atoms with Gasteiger partial charge in [-0.15, -0.1) is 0 Å². The quantitative estimate of drug-likeness (QED) is 0.700. The highest BCUT2D eigenvalue weighted by Crippen LogP contribution is 2.33. The van der Waals surface area contributed by atoms with Crippen LogP contribution in [0.15, 0.2) is 24.3 Å². The van der Waals surface area contributed by atoms with Crippen molar-refractivity contribution in [3.8, 4) is 5.75 Å². The van der Waals surface area contributed by atoms with Gasteiger partial charge < -0.3 is 15.2 Å². The summed E-state index contributed by atoms with van der Waals surface area (Å²) >= 11 is 5.98. The van der Waals surface area contributed by atoms with Crippen molar-refractivity contribution >= 4 is 23.5 Å². The molecule has 2 saturated carbocycles. The fourth-order valence-corrected chi connectivity index (χ4v) is 3.32. The van der Waals surface area contributed by atoms with Crippen LogP contribution in [0, 0.1) is 5.92 Å². The number of aliphatic carboxylic acids is 1. The van der Waals surface area contributed by atoms with E-state index in [1.165, 1.54) is 12.8 Å². The van der Waals surface area contributed by atoms with E-state index in [9.17, 15) is 9.59 Å². The minimum atomic E-state index is -0.790. The van der Waals surface area contributed by atoms with Crippen LogP contribution in [0.25, 0.3) is 0 Å². The van der Waals surface area contributed by atoms with Gasteiger partial charge >= 0.3 is 5.97 Å². The molecule has 2 N–H and O–H groups in total. The highest BCUT2D eigenvalue weighted by Gasteiger charge is 2.37.